The second-order valence-corrected chi connectivity index (χ2v) is 6.24. The minimum absolute atomic E-state index is 0.337. The topological polar surface area (TPSA) is 76.7 Å². The van der Waals surface area contributed by atoms with Gasteiger partial charge in [-0.15, -0.1) is 0 Å². The van der Waals surface area contributed by atoms with Crippen LogP contribution < -0.4 is 10.6 Å². The van der Waals surface area contributed by atoms with Gasteiger partial charge in [0, 0.05) is 7.05 Å². The van der Waals surface area contributed by atoms with Crippen LogP contribution in [0.1, 0.15) is 33.3 Å². The molecule has 128 valence electrons. The molecule has 0 heterocycles. The molecular weight excluding hydrogens is 296 g/mol. The summed E-state index contributed by atoms with van der Waals surface area (Å²) >= 11 is 0. The molecule has 0 aliphatic rings. The Morgan fingerprint density at radius 1 is 1.17 bits per heavy atom. The average Bonchev–Trinajstić information content (AvgIpc) is 2.49. The van der Waals surface area contributed by atoms with Crippen LogP contribution in [0, 0.1) is 0 Å². The molecule has 23 heavy (non-hydrogen) atoms. The van der Waals surface area contributed by atoms with Gasteiger partial charge in [0.05, 0.1) is 12.7 Å². The number of amides is 2. The van der Waals surface area contributed by atoms with Gasteiger partial charge in [0.2, 0.25) is 5.91 Å². The summed E-state index contributed by atoms with van der Waals surface area (Å²) < 4.78 is 10.9. The molecule has 1 aromatic rings. The molecule has 1 aromatic carbocycles. The van der Waals surface area contributed by atoms with Crippen LogP contribution in [0.3, 0.4) is 0 Å². The van der Waals surface area contributed by atoms with Crippen molar-refractivity contribution in [3.8, 4) is 0 Å². The van der Waals surface area contributed by atoms with Crippen LogP contribution in [0.25, 0.3) is 0 Å². The van der Waals surface area contributed by atoms with Crippen molar-refractivity contribution in [3.05, 3.63) is 35.9 Å². The molecule has 6 nitrogen and oxygen atoms in total. The monoisotopic (exact) mass is 322 g/mol. The molecular formula is C17H26N2O4. The number of rotatable bonds is 6. The smallest absolute Gasteiger partial charge is 0.408 e. The lowest BCUT2D eigenvalue weighted by Gasteiger charge is -2.26. The number of hydrogen-bond acceptors (Lipinski definition) is 4. The van der Waals surface area contributed by atoms with Crippen molar-refractivity contribution in [3.63, 3.8) is 0 Å². The summed E-state index contributed by atoms with van der Waals surface area (Å²) in [5.74, 6) is -0.337. The number of carbonyl (C=O) groups is 2. The Morgan fingerprint density at radius 3 is 2.30 bits per heavy atom. The normalized spacial score (nSPS) is 13.8. The van der Waals surface area contributed by atoms with Crippen LogP contribution in [0.5, 0.6) is 0 Å². The Kier molecular flexibility index (Phi) is 7.03. The lowest BCUT2D eigenvalue weighted by atomic mass is 10.1. The van der Waals surface area contributed by atoms with Gasteiger partial charge in [-0.1, -0.05) is 30.3 Å². The fourth-order valence-electron chi connectivity index (χ4n) is 1.88. The Hall–Kier alpha value is -2.08. The van der Waals surface area contributed by atoms with E-state index in [2.05, 4.69) is 10.6 Å². The molecule has 1 rings (SSSR count). The molecule has 6 heteroatoms. The van der Waals surface area contributed by atoms with Crippen LogP contribution in [0.15, 0.2) is 30.3 Å². The van der Waals surface area contributed by atoms with Crippen LogP contribution in [-0.2, 0) is 20.9 Å². The molecule has 0 saturated carbocycles. The Bertz CT molecular complexity index is 511. The van der Waals surface area contributed by atoms with E-state index in [0.29, 0.717) is 6.61 Å². The molecule has 2 N–H and O–H groups in total. The highest BCUT2D eigenvalue weighted by Gasteiger charge is 2.29. The van der Waals surface area contributed by atoms with E-state index in [0.717, 1.165) is 5.56 Å². The Balaban J connectivity index is 2.65. The highest BCUT2D eigenvalue weighted by molar-refractivity contribution is 5.86. The Labute approximate surface area is 137 Å². The maximum atomic E-state index is 12.0. The fraction of sp³-hybridized carbons (Fsp3) is 0.529. The van der Waals surface area contributed by atoms with E-state index in [9.17, 15) is 9.59 Å². The molecule has 0 saturated heterocycles. The van der Waals surface area contributed by atoms with Crippen LogP contribution in [0.2, 0.25) is 0 Å². The van der Waals surface area contributed by atoms with E-state index in [1.54, 1.807) is 27.7 Å². The summed E-state index contributed by atoms with van der Waals surface area (Å²) in [5.41, 5.74) is 0.359. The third kappa shape index (κ3) is 7.15. The second kappa shape index (κ2) is 8.53. The molecule has 0 spiro atoms. The van der Waals surface area contributed by atoms with Crippen LogP contribution >= 0.6 is 0 Å². The quantitative estimate of drug-likeness (QED) is 0.842. The van der Waals surface area contributed by atoms with Gasteiger partial charge in [-0.3, -0.25) is 4.79 Å². The van der Waals surface area contributed by atoms with Gasteiger partial charge in [0.15, 0.2) is 0 Å². The lowest BCUT2D eigenvalue weighted by Crippen LogP contribution is -2.53. The van der Waals surface area contributed by atoms with Crippen molar-refractivity contribution in [2.45, 2.75) is 52.0 Å². The molecule has 0 bridgehead atoms. The molecule has 0 aliphatic carbocycles. The third-order valence-electron chi connectivity index (χ3n) is 3.03. The molecule has 1 unspecified atom stereocenters. The van der Waals surface area contributed by atoms with Crippen LogP contribution in [0.4, 0.5) is 4.79 Å². The minimum atomic E-state index is -0.835. The van der Waals surface area contributed by atoms with E-state index >= 15 is 0 Å². The van der Waals surface area contributed by atoms with Gasteiger partial charge in [0.1, 0.15) is 11.6 Å². The predicted octanol–water partition coefficient (Wildman–Crippen LogP) is 2.23. The number of alkyl carbamates (subject to hydrolysis) is 1. The van der Waals surface area contributed by atoms with Gasteiger partial charge in [-0.2, -0.15) is 0 Å². The van der Waals surface area contributed by atoms with Gasteiger partial charge in [-0.25, -0.2) is 4.79 Å². The first-order valence-electron chi connectivity index (χ1n) is 7.59. The zero-order valence-electron chi connectivity index (χ0n) is 14.4. The third-order valence-corrected chi connectivity index (χ3v) is 3.03. The average molecular weight is 322 g/mol. The van der Waals surface area contributed by atoms with Gasteiger partial charge in [-0.05, 0) is 33.3 Å². The number of hydrogen-bond donors (Lipinski definition) is 2. The zero-order valence-corrected chi connectivity index (χ0v) is 14.4. The summed E-state index contributed by atoms with van der Waals surface area (Å²) in [6.07, 6.45) is -1.16. The molecule has 2 amide bonds. The van der Waals surface area contributed by atoms with Gasteiger partial charge >= 0.3 is 6.09 Å². The van der Waals surface area contributed by atoms with Crippen LogP contribution in [-0.4, -0.2) is 36.8 Å². The molecule has 0 aromatic heterocycles. The first-order valence-corrected chi connectivity index (χ1v) is 7.59. The van der Waals surface area contributed by atoms with Crippen molar-refractivity contribution < 1.29 is 19.1 Å². The summed E-state index contributed by atoms with van der Waals surface area (Å²) in [6, 6.07) is 8.78. The van der Waals surface area contributed by atoms with E-state index < -0.39 is 23.8 Å². The zero-order chi connectivity index (χ0) is 17.5. The van der Waals surface area contributed by atoms with E-state index in [1.165, 1.54) is 7.05 Å². The maximum absolute atomic E-state index is 12.0. The van der Waals surface area contributed by atoms with Crippen molar-refractivity contribution in [2.75, 3.05) is 7.05 Å². The van der Waals surface area contributed by atoms with E-state index in [-0.39, 0.29) is 5.91 Å². The number of benzene rings is 1. The molecule has 0 aliphatic heterocycles. The SMILES string of the molecule is CNC(=O)[C@@H](NC(=O)OC(C)(C)C)C(C)OCc1ccccc1. The molecule has 0 fully saturated rings. The number of nitrogens with one attached hydrogen (secondary N) is 2. The highest BCUT2D eigenvalue weighted by Crippen LogP contribution is 2.10. The summed E-state index contributed by atoms with van der Waals surface area (Å²) in [7, 11) is 1.51. The first-order chi connectivity index (χ1) is 10.7. The number of carbonyl (C=O) groups excluding carboxylic acids is 2. The Morgan fingerprint density at radius 2 is 1.78 bits per heavy atom. The van der Waals surface area contributed by atoms with E-state index in [4.69, 9.17) is 9.47 Å². The fourth-order valence-corrected chi connectivity index (χ4v) is 1.88. The first kappa shape index (κ1) is 19.0. The maximum Gasteiger partial charge on any atom is 0.408 e. The van der Waals surface area contributed by atoms with Crippen molar-refractivity contribution in [2.24, 2.45) is 0 Å². The number of likely N-dealkylation sites (N-methyl/N-ethyl adjacent to an activating group) is 1. The molecule has 0 radical (unpaired) electrons. The van der Waals surface area contributed by atoms with Crippen molar-refractivity contribution in [1.82, 2.24) is 10.6 Å². The second-order valence-electron chi connectivity index (χ2n) is 6.24. The van der Waals surface area contributed by atoms with Crippen molar-refractivity contribution >= 4 is 12.0 Å². The minimum Gasteiger partial charge on any atom is -0.444 e. The lowest BCUT2D eigenvalue weighted by molar-refractivity contribution is -0.126. The predicted molar refractivity (Wildman–Crippen MR) is 87.9 cm³/mol. The number of ether oxygens (including phenoxy) is 2. The summed E-state index contributed by atoms with van der Waals surface area (Å²) in [6.45, 7) is 7.37. The highest BCUT2D eigenvalue weighted by atomic mass is 16.6. The summed E-state index contributed by atoms with van der Waals surface area (Å²) in [5, 5.41) is 5.09. The largest absolute Gasteiger partial charge is 0.444 e. The summed E-state index contributed by atoms with van der Waals surface area (Å²) in [4.78, 5) is 23.9. The standard InChI is InChI=1S/C17H26N2O4/c1-12(22-11-13-9-7-6-8-10-13)14(15(20)18-5)19-16(21)23-17(2,3)4/h6-10,12,14H,11H2,1-5H3,(H,18,20)(H,19,21)/t12?,14-/m0/s1. The van der Waals surface area contributed by atoms with Gasteiger partial charge in [0.25, 0.3) is 0 Å². The van der Waals surface area contributed by atoms with E-state index in [1.807, 2.05) is 30.3 Å². The molecule has 2 atom stereocenters. The van der Waals surface area contributed by atoms with Crippen molar-refractivity contribution in [1.29, 1.82) is 0 Å². The van der Waals surface area contributed by atoms with Gasteiger partial charge < -0.3 is 20.1 Å².